The molecule has 0 saturated heterocycles. The molecular weight excluding hydrogens is 547 g/mol. The lowest BCUT2D eigenvalue weighted by Crippen LogP contribution is -2.52. The maximum atomic E-state index is 13.8. The Morgan fingerprint density at radius 2 is 1.49 bits per heavy atom. The zero-order chi connectivity index (χ0) is 27.5. The van der Waals surface area contributed by atoms with Gasteiger partial charge in [0.15, 0.2) is 0 Å². The zero-order valence-corrected chi connectivity index (χ0v) is 24.5. The van der Waals surface area contributed by atoms with Gasteiger partial charge >= 0.3 is 0 Å². The van der Waals surface area contributed by atoms with Gasteiger partial charge in [0.25, 0.3) is 0 Å². The molecule has 4 nitrogen and oxygen atoms in total. The molecule has 3 aromatic rings. The molecule has 3 aromatic carbocycles. The number of rotatable bonds is 12. The third-order valence-corrected chi connectivity index (χ3v) is 8.71. The van der Waals surface area contributed by atoms with Crippen molar-refractivity contribution in [2.24, 2.45) is 0 Å². The Balaban J connectivity index is 1.51. The van der Waals surface area contributed by atoms with Crippen molar-refractivity contribution in [3.05, 3.63) is 100 Å². The average Bonchev–Trinajstić information content (AvgIpc) is 2.96. The van der Waals surface area contributed by atoms with Crippen molar-refractivity contribution in [2.75, 3.05) is 5.75 Å². The third kappa shape index (κ3) is 9.59. The topological polar surface area (TPSA) is 49.4 Å². The van der Waals surface area contributed by atoms with E-state index in [2.05, 4.69) is 5.32 Å². The van der Waals surface area contributed by atoms with E-state index in [1.54, 1.807) is 16.7 Å². The average molecular weight is 584 g/mol. The van der Waals surface area contributed by atoms with E-state index in [4.69, 9.17) is 23.2 Å². The van der Waals surface area contributed by atoms with Crippen molar-refractivity contribution < 1.29 is 9.59 Å². The number of carbonyl (C=O) groups is 2. The predicted molar refractivity (Wildman–Crippen MR) is 162 cm³/mol. The summed E-state index contributed by atoms with van der Waals surface area (Å²) in [6, 6.07) is 24.8. The molecule has 0 aliphatic heterocycles. The van der Waals surface area contributed by atoms with Gasteiger partial charge < -0.3 is 10.2 Å². The molecule has 0 spiro atoms. The van der Waals surface area contributed by atoms with Crippen LogP contribution in [-0.2, 0) is 22.6 Å². The van der Waals surface area contributed by atoms with Gasteiger partial charge in [0.05, 0.1) is 0 Å². The first kappa shape index (κ1) is 29.5. The Labute approximate surface area is 246 Å². The molecule has 7 heteroatoms. The van der Waals surface area contributed by atoms with Crippen LogP contribution in [0.4, 0.5) is 0 Å². The molecule has 206 valence electrons. The van der Waals surface area contributed by atoms with E-state index in [0.29, 0.717) is 35.9 Å². The van der Waals surface area contributed by atoms with E-state index in [-0.39, 0.29) is 17.9 Å². The standard InChI is InChI=1S/C32H36Cl2N2O2S/c33-26-15-13-25(14-16-26)23-36(31(37)12-7-21-39-29-19-17-27(34)18-20-29)30(22-24-8-3-1-4-9-24)32(38)35-28-10-5-2-6-11-28/h1,3-4,8-9,13-20,28,30H,2,5-7,10-12,21-23H2,(H,35,38)/t30-/m1/s1. The number of benzene rings is 3. The van der Waals surface area contributed by atoms with Crippen molar-refractivity contribution >= 4 is 46.8 Å². The number of nitrogens with zero attached hydrogens (tertiary/aromatic N) is 1. The van der Waals surface area contributed by atoms with Crippen molar-refractivity contribution in [3.63, 3.8) is 0 Å². The van der Waals surface area contributed by atoms with Crippen LogP contribution in [0.3, 0.4) is 0 Å². The fourth-order valence-corrected chi connectivity index (χ4v) is 6.08. The van der Waals surface area contributed by atoms with Crippen molar-refractivity contribution in [1.82, 2.24) is 10.2 Å². The summed E-state index contributed by atoms with van der Waals surface area (Å²) in [5.41, 5.74) is 1.99. The fraction of sp³-hybridized carbons (Fsp3) is 0.375. The highest BCUT2D eigenvalue weighted by Gasteiger charge is 2.31. The van der Waals surface area contributed by atoms with Crippen LogP contribution in [0.1, 0.15) is 56.1 Å². The van der Waals surface area contributed by atoms with Gasteiger partial charge in [0.1, 0.15) is 6.04 Å². The van der Waals surface area contributed by atoms with Crippen LogP contribution in [0.25, 0.3) is 0 Å². The quantitative estimate of drug-likeness (QED) is 0.174. The second-order valence-electron chi connectivity index (χ2n) is 10.1. The van der Waals surface area contributed by atoms with Crippen molar-refractivity contribution in [1.29, 1.82) is 0 Å². The van der Waals surface area contributed by atoms with Gasteiger partial charge in [-0.2, -0.15) is 0 Å². The lowest BCUT2D eigenvalue weighted by Gasteiger charge is -2.33. The van der Waals surface area contributed by atoms with Crippen molar-refractivity contribution in [2.45, 2.75) is 74.9 Å². The molecule has 1 aliphatic carbocycles. The van der Waals surface area contributed by atoms with Gasteiger partial charge in [-0.3, -0.25) is 9.59 Å². The van der Waals surface area contributed by atoms with Gasteiger partial charge in [-0.1, -0.05) is 84.9 Å². The molecule has 1 saturated carbocycles. The van der Waals surface area contributed by atoms with Gasteiger partial charge in [-0.25, -0.2) is 0 Å². The lowest BCUT2D eigenvalue weighted by atomic mass is 9.94. The highest BCUT2D eigenvalue weighted by Crippen LogP contribution is 2.24. The Kier molecular flexibility index (Phi) is 11.6. The van der Waals surface area contributed by atoms with E-state index in [9.17, 15) is 9.59 Å². The van der Waals surface area contributed by atoms with E-state index < -0.39 is 6.04 Å². The Morgan fingerprint density at radius 3 is 2.15 bits per heavy atom. The number of thioether (sulfide) groups is 1. The van der Waals surface area contributed by atoms with Crippen molar-refractivity contribution in [3.8, 4) is 0 Å². The SMILES string of the molecule is O=C(NC1CCCCC1)[C@@H](Cc1ccccc1)N(Cc1ccc(Cl)cc1)C(=O)CCCSc1ccc(Cl)cc1. The smallest absolute Gasteiger partial charge is 0.243 e. The summed E-state index contributed by atoms with van der Waals surface area (Å²) in [4.78, 5) is 30.5. The number of hydrogen-bond acceptors (Lipinski definition) is 3. The van der Waals surface area contributed by atoms with Crippen LogP contribution in [0.2, 0.25) is 10.0 Å². The maximum Gasteiger partial charge on any atom is 0.243 e. The van der Waals surface area contributed by atoms with Gasteiger partial charge in [-0.05, 0) is 72.5 Å². The molecule has 39 heavy (non-hydrogen) atoms. The molecule has 1 atom stereocenters. The molecule has 0 unspecified atom stereocenters. The molecule has 1 aliphatic rings. The number of nitrogens with one attached hydrogen (secondary N) is 1. The molecular formula is C32H36Cl2N2O2S. The normalized spacial score (nSPS) is 14.5. The largest absolute Gasteiger partial charge is 0.352 e. The summed E-state index contributed by atoms with van der Waals surface area (Å²) in [7, 11) is 0. The number of carbonyl (C=O) groups excluding carboxylic acids is 2. The summed E-state index contributed by atoms with van der Waals surface area (Å²) >= 11 is 13.8. The minimum Gasteiger partial charge on any atom is -0.352 e. The summed E-state index contributed by atoms with van der Waals surface area (Å²) < 4.78 is 0. The van der Waals surface area contributed by atoms with Crippen LogP contribution in [-0.4, -0.2) is 34.6 Å². The van der Waals surface area contributed by atoms with E-state index >= 15 is 0 Å². The first-order valence-electron chi connectivity index (χ1n) is 13.7. The highest BCUT2D eigenvalue weighted by atomic mass is 35.5. The lowest BCUT2D eigenvalue weighted by molar-refractivity contribution is -0.141. The van der Waals surface area contributed by atoms with Gasteiger partial charge in [0, 0.05) is 40.4 Å². The van der Waals surface area contributed by atoms with Gasteiger partial charge in [-0.15, -0.1) is 11.8 Å². The van der Waals surface area contributed by atoms with Crippen LogP contribution >= 0.6 is 35.0 Å². The van der Waals surface area contributed by atoms with E-state index in [1.165, 1.54) is 6.42 Å². The molecule has 0 radical (unpaired) electrons. The molecule has 4 rings (SSSR count). The number of halogens is 2. The zero-order valence-electron chi connectivity index (χ0n) is 22.2. The van der Waals surface area contributed by atoms with Gasteiger partial charge in [0.2, 0.25) is 11.8 Å². The third-order valence-electron chi connectivity index (χ3n) is 7.11. The van der Waals surface area contributed by atoms with Crippen LogP contribution in [0.15, 0.2) is 83.8 Å². The summed E-state index contributed by atoms with van der Waals surface area (Å²) in [5.74, 6) is 0.727. The molecule has 2 amide bonds. The maximum absolute atomic E-state index is 13.8. The molecule has 1 fully saturated rings. The summed E-state index contributed by atoms with van der Waals surface area (Å²) in [6.07, 6.45) is 7.03. The minimum atomic E-state index is -0.596. The second kappa shape index (κ2) is 15.4. The first-order valence-corrected chi connectivity index (χ1v) is 15.5. The predicted octanol–water partition coefficient (Wildman–Crippen LogP) is 7.95. The summed E-state index contributed by atoms with van der Waals surface area (Å²) in [6.45, 7) is 0.357. The Hall–Kier alpha value is -2.47. The number of amides is 2. The molecule has 0 heterocycles. The second-order valence-corrected chi connectivity index (χ2v) is 12.1. The minimum absolute atomic E-state index is 0.0126. The van der Waals surface area contributed by atoms with Crippen LogP contribution in [0, 0.1) is 0 Å². The highest BCUT2D eigenvalue weighted by molar-refractivity contribution is 7.99. The number of hydrogen-bond donors (Lipinski definition) is 1. The van der Waals surface area contributed by atoms with Crippen LogP contribution < -0.4 is 5.32 Å². The van der Waals surface area contributed by atoms with E-state index in [1.807, 2.05) is 78.9 Å². The molecule has 0 bridgehead atoms. The van der Waals surface area contributed by atoms with E-state index in [0.717, 1.165) is 47.5 Å². The first-order chi connectivity index (χ1) is 19.0. The Bertz CT molecular complexity index is 1180. The molecule has 1 N–H and O–H groups in total. The monoisotopic (exact) mass is 582 g/mol. The van der Waals surface area contributed by atoms with Crippen LogP contribution in [0.5, 0.6) is 0 Å². The Morgan fingerprint density at radius 1 is 0.846 bits per heavy atom. The summed E-state index contributed by atoms with van der Waals surface area (Å²) in [5, 5.41) is 4.65. The molecule has 0 aromatic heterocycles. The fourth-order valence-electron chi connectivity index (χ4n) is 4.97.